The molecule has 1 aromatic rings. The van der Waals surface area contributed by atoms with Gasteiger partial charge in [-0.1, -0.05) is 25.8 Å². The molecule has 112 valence electrons. The minimum absolute atomic E-state index is 0.399. The fourth-order valence-electron chi connectivity index (χ4n) is 3.09. The maximum Gasteiger partial charge on any atom is 0.161 e. The second kappa shape index (κ2) is 7.53. The average Bonchev–Trinajstić information content (AvgIpc) is 3.01. The summed E-state index contributed by atoms with van der Waals surface area (Å²) >= 11 is 0. The molecule has 0 heterocycles. The summed E-state index contributed by atoms with van der Waals surface area (Å²) in [7, 11) is 3.36. The quantitative estimate of drug-likeness (QED) is 0.819. The Labute approximate surface area is 122 Å². The summed E-state index contributed by atoms with van der Waals surface area (Å²) in [6.07, 6.45) is 6.66. The number of methoxy groups -OCH3 is 2. The topological polar surface area (TPSA) is 30.5 Å². The highest BCUT2D eigenvalue weighted by Crippen LogP contribution is 2.31. The van der Waals surface area contributed by atoms with E-state index in [0.717, 1.165) is 30.4 Å². The van der Waals surface area contributed by atoms with Crippen molar-refractivity contribution in [1.82, 2.24) is 5.32 Å². The summed E-state index contributed by atoms with van der Waals surface area (Å²) in [5, 5.41) is 3.72. The van der Waals surface area contributed by atoms with Gasteiger partial charge in [-0.25, -0.2) is 0 Å². The van der Waals surface area contributed by atoms with Crippen LogP contribution in [0.1, 0.15) is 50.6 Å². The highest BCUT2D eigenvalue weighted by molar-refractivity contribution is 5.43. The second-order valence-corrected chi connectivity index (χ2v) is 5.63. The van der Waals surface area contributed by atoms with E-state index in [9.17, 15) is 0 Å². The molecule has 0 amide bonds. The van der Waals surface area contributed by atoms with E-state index in [1.807, 2.05) is 6.07 Å². The summed E-state index contributed by atoms with van der Waals surface area (Å²) in [4.78, 5) is 0. The van der Waals surface area contributed by atoms with E-state index in [1.165, 1.54) is 31.2 Å². The lowest BCUT2D eigenvalue weighted by Gasteiger charge is -2.21. The Kier molecular flexibility index (Phi) is 5.72. The molecule has 3 nitrogen and oxygen atoms in total. The highest BCUT2D eigenvalue weighted by atomic mass is 16.5. The molecule has 0 spiro atoms. The molecule has 0 radical (unpaired) electrons. The van der Waals surface area contributed by atoms with Gasteiger partial charge in [0.1, 0.15) is 0 Å². The molecule has 1 aromatic carbocycles. The molecule has 0 saturated heterocycles. The Hall–Kier alpha value is -1.22. The van der Waals surface area contributed by atoms with Crippen molar-refractivity contribution in [2.24, 2.45) is 5.92 Å². The molecule has 1 aliphatic rings. The van der Waals surface area contributed by atoms with Crippen LogP contribution in [0.4, 0.5) is 0 Å². The van der Waals surface area contributed by atoms with E-state index in [4.69, 9.17) is 9.47 Å². The Bertz CT molecular complexity index is 413. The van der Waals surface area contributed by atoms with Crippen LogP contribution in [0.25, 0.3) is 0 Å². The van der Waals surface area contributed by atoms with Gasteiger partial charge in [0.25, 0.3) is 0 Å². The minimum atomic E-state index is 0.399. The van der Waals surface area contributed by atoms with Crippen molar-refractivity contribution in [1.29, 1.82) is 0 Å². The standard InChI is InChI=1S/C17H27NO2/c1-4-15(18-12-13-7-5-6-8-13)14-9-10-16(19-2)17(11-14)20-3/h9-11,13,15,18H,4-8,12H2,1-3H3. The smallest absolute Gasteiger partial charge is 0.161 e. The first-order chi connectivity index (χ1) is 9.78. The Morgan fingerprint density at radius 2 is 1.85 bits per heavy atom. The van der Waals surface area contributed by atoms with Crippen molar-refractivity contribution >= 4 is 0 Å². The van der Waals surface area contributed by atoms with Crippen LogP contribution >= 0.6 is 0 Å². The van der Waals surface area contributed by atoms with Crippen LogP contribution in [-0.2, 0) is 0 Å². The number of nitrogens with one attached hydrogen (secondary N) is 1. The van der Waals surface area contributed by atoms with Gasteiger partial charge in [-0.3, -0.25) is 0 Å². The molecule has 1 saturated carbocycles. The zero-order chi connectivity index (χ0) is 14.4. The third kappa shape index (κ3) is 3.66. The van der Waals surface area contributed by atoms with Gasteiger partial charge in [-0.15, -0.1) is 0 Å². The fourth-order valence-corrected chi connectivity index (χ4v) is 3.09. The predicted octanol–water partition coefficient (Wildman–Crippen LogP) is 3.93. The van der Waals surface area contributed by atoms with Gasteiger partial charge < -0.3 is 14.8 Å². The van der Waals surface area contributed by atoms with Crippen LogP contribution in [0.5, 0.6) is 11.5 Å². The summed E-state index contributed by atoms with van der Waals surface area (Å²) in [6.45, 7) is 3.36. The maximum atomic E-state index is 5.40. The first kappa shape index (κ1) is 15.2. The van der Waals surface area contributed by atoms with Gasteiger partial charge in [0.05, 0.1) is 14.2 Å². The number of hydrogen-bond acceptors (Lipinski definition) is 3. The zero-order valence-electron chi connectivity index (χ0n) is 12.9. The third-order valence-electron chi connectivity index (χ3n) is 4.35. The number of ether oxygens (including phenoxy) is 2. The van der Waals surface area contributed by atoms with Gasteiger partial charge in [-0.05, 0) is 49.4 Å². The van der Waals surface area contributed by atoms with Crippen molar-refractivity contribution in [3.8, 4) is 11.5 Å². The molecule has 3 heteroatoms. The Morgan fingerprint density at radius 3 is 2.45 bits per heavy atom. The Balaban J connectivity index is 2.02. The summed E-state index contributed by atoms with van der Waals surface area (Å²) in [5.41, 5.74) is 1.28. The summed E-state index contributed by atoms with van der Waals surface area (Å²) in [5.74, 6) is 2.47. The third-order valence-corrected chi connectivity index (χ3v) is 4.35. The molecule has 1 N–H and O–H groups in total. The van der Waals surface area contributed by atoms with Crippen LogP contribution in [0.3, 0.4) is 0 Å². The van der Waals surface area contributed by atoms with Crippen molar-refractivity contribution in [2.45, 2.75) is 45.1 Å². The van der Waals surface area contributed by atoms with E-state index >= 15 is 0 Å². The molecule has 1 aliphatic carbocycles. The minimum Gasteiger partial charge on any atom is -0.493 e. The van der Waals surface area contributed by atoms with Gasteiger partial charge in [0.2, 0.25) is 0 Å². The fraction of sp³-hybridized carbons (Fsp3) is 0.647. The first-order valence-corrected chi connectivity index (χ1v) is 7.73. The number of rotatable bonds is 7. The lowest BCUT2D eigenvalue weighted by molar-refractivity contribution is 0.353. The van der Waals surface area contributed by atoms with Crippen molar-refractivity contribution in [3.05, 3.63) is 23.8 Å². The maximum absolute atomic E-state index is 5.40. The van der Waals surface area contributed by atoms with Crippen LogP contribution in [0, 0.1) is 5.92 Å². The van der Waals surface area contributed by atoms with Crippen molar-refractivity contribution in [3.63, 3.8) is 0 Å². The largest absolute Gasteiger partial charge is 0.493 e. The monoisotopic (exact) mass is 277 g/mol. The number of benzene rings is 1. The van der Waals surface area contributed by atoms with Gasteiger partial charge in [0, 0.05) is 6.04 Å². The zero-order valence-corrected chi connectivity index (χ0v) is 12.9. The molecule has 1 atom stereocenters. The van der Waals surface area contributed by atoms with E-state index in [0.29, 0.717) is 6.04 Å². The second-order valence-electron chi connectivity index (χ2n) is 5.63. The van der Waals surface area contributed by atoms with Gasteiger partial charge >= 0.3 is 0 Å². The van der Waals surface area contributed by atoms with Crippen LogP contribution in [-0.4, -0.2) is 20.8 Å². The van der Waals surface area contributed by atoms with E-state index in [2.05, 4.69) is 24.4 Å². The Morgan fingerprint density at radius 1 is 1.15 bits per heavy atom. The van der Waals surface area contributed by atoms with Crippen LogP contribution < -0.4 is 14.8 Å². The van der Waals surface area contributed by atoms with Gasteiger partial charge in [0.15, 0.2) is 11.5 Å². The van der Waals surface area contributed by atoms with E-state index in [1.54, 1.807) is 14.2 Å². The van der Waals surface area contributed by atoms with E-state index in [-0.39, 0.29) is 0 Å². The molecule has 0 aliphatic heterocycles. The SMILES string of the molecule is CCC(NCC1CCCC1)c1ccc(OC)c(OC)c1. The lowest BCUT2D eigenvalue weighted by atomic mass is 10.0. The molecule has 0 aromatic heterocycles. The van der Waals surface area contributed by atoms with Crippen LogP contribution in [0.2, 0.25) is 0 Å². The molecular formula is C17H27NO2. The lowest BCUT2D eigenvalue weighted by Crippen LogP contribution is -2.26. The van der Waals surface area contributed by atoms with Crippen molar-refractivity contribution < 1.29 is 9.47 Å². The molecule has 1 fully saturated rings. The molecular weight excluding hydrogens is 250 g/mol. The van der Waals surface area contributed by atoms with Crippen LogP contribution in [0.15, 0.2) is 18.2 Å². The normalized spacial score (nSPS) is 17.1. The summed E-state index contributed by atoms with van der Waals surface area (Å²) in [6, 6.07) is 6.62. The average molecular weight is 277 g/mol. The molecule has 20 heavy (non-hydrogen) atoms. The molecule has 0 bridgehead atoms. The predicted molar refractivity (Wildman–Crippen MR) is 82.5 cm³/mol. The number of hydrogen-bond donors (Lipinski definition) is 1. The van der Waals surface area contributed by atoms with E-state index < -0.39 is 0 Å². The van der Waals surface area contributed by atoms with Crippen molar-refractivity contribution in [2.75, 3.05) is 20.8 Å². The highest BCUT2D eigenvalue weighted by Gasteiger charge is 2.18. The molecule has 2 rings (SSSR count). The molecule has 1 unspecified atom stereocenters. The summed E-state index contributed by atoms with van der Waals surface area (Å²) < 4.78 is 10.7. The first-order valence-electron chi connectivity index (χ1n) is 7.73. The van der Waals surface area contributed by atoms with Gasteiger partial charge in [-0.2, -0.15) is 0 Å².